The SMILES string of the molecule is Nc1c(O)cc(S(=O)(=O)O)c2cc([N+](=O)[O-])ccc12.Nc1c(O)ccc2ccccc12. The number of phenols is 2. The Morgan fingerprint density at radius 1 is 0.806 bits per heavy atom. The van der Waals surface area contributed by atoms with Crippen molar-refractivity contribution in [3.63, 3.8) is 0 Å². The molecule has 0 unspecified atom stereocenters. The highest BCUT2D eigenvalue weighted by molar-refractivity contribution is 7.86. The van der Waals surface area contributed by atoms with Gasteiger partial charge in [-0.05, 0) is 17.5 Å². The van der Waals surface area contributed by atoms with Gasteiger partial charge in [0.15, 0.2) is 0 Å². The number of fused-ring (bicyclic) bond motifs is 2. The third-order valence-electron chi connectivity index (χ3n) is 4.54. The van der Waals surface area contributed by atoms with Gasteiger partial charge in [0.1, 0.15) is 16.4 Å². The molecule has 0 saturated heterocycles. The van der Waals surface area contributed by atoms with Gasteiger partial charge in [0.25, 0.3) is 15.8 Å². The first kappa shape index (κ1) is 21.6. The summed E-state index contributed by atoms with van der Waals surface area (Å²) in [6.45, 7) is 0. The highest BCUT2D eigenvalue weighted by Crippen LogP contribution is 2.36. The summed E-state index contributed by atoms with van der Waals surface area (Å²) in [6, 6.07) is 15.2. The molecule has 160 valence electrons. The van der Waals surface area contributed by atoms with E-state index in [4.69, 9.17) is 16.0 Å². The normalized spacial score (nSPS) is 11.1. The van der Waals surface area contributed by atoms with Crippen molar-refractivity contribution in [3.05, 3.63) is 70.8 Å². The smallest absolute Gasteiger partial charge is 0.295 e. The van der Waals surface area contributed by atoms with Crippen LogP contribution in [0.5, 0.6) is 11.5 Å². The number of nitrogens with two attached hydrogens (primary N) is 2. The molecule has 0 fully saturated rings. The van der Waals surface area contributed by atoms with Crippen LogP contribution in [0.1, 0.15) is 0 Å². The van der Waals surface area contributed by atoms with E-state index in [1.165, 1.54) is 6.07 Å². The van der Waals surface area contributed by atoms with Crippen molar-refractivity contribution in [2.45, 2.75) is 4.90 Å². The Morgan fingerprint density at radius 2 is 1.45 bits per heavy atom. The number of hydrogen-bond donors (Lipinski definition) is 5. The van der Waals surface area contributed by atoms with E-state index >= 15 is 0 Å². The molecule has 31 heavy (non-hydrogen) atoms. The zero-order valence-corrected chi connectivity index (χ0v) is 16.6. The molecule has 0 bridgehead atoms. The van der Waals surface area contributed by atoms with E-state index < -0.39 is 25.7 Å². The molecule has 0 amide bonds. The van der Waals surface area contributed by atoms with Crippen LogP contribution in [0.25, 0.3) is 21.5 Å². The van der Waals surface area contributed by atoms with Crippen LogP contribution in [0.2, 0.25) is 0 Å². The molecule has 4 aromatic carbocycles. The first-order chi connectivity index (χ1) is 14.5. The fourth-order valence-corrected chi connectivity index (χ4v) is 3.71. The van der Waals surface area contributed by atoms with Crippen LogP contribution in [-0.4, -0.2) is 28.1 Å². The van der Waals surface area contributed by atoms with Crippen molar-refractivity contribution in [2.24, 2.45) is 0 Å². The van der Waals surface area contributed by atoms with Crippen LogP contribution < -0.4 is 11.5 Å². The van der Waals surface area contributed by atoms with E-state index in [0.29, 0.717) is 5.69 Å². The summed E-state index contributed by atoms with van der Waals surface area (Å²) in [4.78, 5) is 9.32. The lowest BCUT2D eigenvalue weighted by Gasteiger charge is -2.08. The molecule has 0 aromatic heterocycles. The quantitative estimate of drug-likeness (QED) is 0.102. The molecule has 4 aromatic rings. The summed E-state index contributed by atoms with van der Waals surface area (Å²) < 4.78 is 31.5. The summed E-state index contributed by atoms with van der Waals surface area (Å²) in [7, 11) is -4.65. The van der Waals surface area contributed by atoms with Crippen LogP contribution in [0, 0.1) is 10.1 Å². The Kier molecular flexibility index (Phi) is 5.56. The van der Waals surface area contributed by atoms with E-state index in [0.717, 1.165) is 29.0 Å². The van der Waals surface area contributed by atoms with Gasteiger partial charge in [-0.25, -0.2) is 0 Å². The number of nitrogen functional groups attached to an aromatic ring is 2. The molecule has 0 atom stereocenters. The third kappa shape index (κ3) is 4.27. The number of aromatic hydroxyl groups is 2. The number of rotatable bonds is 2. The Morgan fingerprint density at radius 3 is 2.10 bits per heavy atom. The first-order valence-electron chi connectivity index (χ1n) is 8.64. The molecule has 11 heteroatoms. The topological polar surface area (TPSA) is 190 Å². The minimum Gasteiger partial charge on any atom is -0.506 e. The Hall–Kier alpha value is -4.09. The predicted molar refractivity (Wildman–Crippen MR) is 117 cm³/mol. The van der Waals surface area contributed by atoms with E-state index in [1.807, 2.05) is 30.3 Å². The maximum atomic E-state index is 11.2. The summed E-state index contributed by atoms with van der Waals surface area (Å²) in [5.41, 5.74) is 11.2. The number of nitro groups is 1. The minimum atomic E-state index is -4.65. The summed E-state index contributed by atoms with van der Waals surface area (Å²) >= 11 is 0. The molecule has 4 rings (SSSR count). The van der Waals surface area contributed by atoms with Gasteiger partial charge in [0, 0.05) is 34.4 Å². The van der Waals surface area contributed by atoms with Crippen LogP contribution in [0.15, 0.2) is 65.6 Å². The lowest BCUT2D eigenvalue weighted by molar-refractivity contribution is -0.384. The number of nitro benzene ring substituents is 1. The van der Waals surface area contributed by atoms with Crippen molar-refractivity contribution >= 4 is 48.7 Å². The van der Waals surface area contributed by atoms with Gasteiger partial charge in [0.2, 0.25) is 0 Å². The lowest BCUT2D eigenvalue weighted by atomic mass is 10.1. The summed E-state index contributed by atoms with van der Waals surface area (Å²) in [5.74, 6) is -0.386. The van der Waals surface area contributed by atoms with E-state index in [9.17, 15) is 28.7 Å². The van der Waals surface area contributed by atoms with Crippen LogP contribution >= 0.6 is 0 Å². The molecular formula is C20H17N3O7S. The summed E-state index contributed by atoms with van der Waals surface area (Å²) in [6.07, 6.45) is 0. The van der Waals surface area contributed by atoms with Gasteiger partial charge in [-0.2, -0.15) is 8.42 Å². The molecule has 0 spiro atoms. The molecule has 10 nitrogen and oxygen atoms in total. The van der Waals surface area contributed by atoms with Gasteiger partial charge >= 0.3 is 0 Å². The van der Waals surface area contributed by atoms with E-state index in [2.05, 4.69) is 0 Å². The van der Waals surface area contributed by atoms with Gasteiger partial charge in [-0.1, -0.05) is 30.3 Å². The van der Waals surface area contributed by atoms with Crippen LogP contribution in [-0.2, 0) is 10.1 Å². The van der Waals surface area contributed by atoms with Gasteiger partial charge in [-0.3, -0.25) is 14.7 Å². The molecule has 0 aliphatic rings. The number of non-ortho nitro benzene ring substituents is 1. The second-order valence-corrected chi connectivity index (χ2v) is 7.88. The second kappa shape index (κ2) is 7.97. The Labute approximate surface area is 175 Å². The highest BCUT2D eigenvalue weighted by atomic mass is 32.2. The number of nitrogens with zero attached hydrogens (tertiary/aromatic N) is 1. The molecule has 0 saturated carbocycles. The monoisotopic (exact) mass is 443 g/mol. The average Bonchev–Trinajstić information content (AvgIpc) is 2.73. The number of anilines is 2. The van der Waals surface area contributed by atoms with Gasteiger partial charge < -0.3 is 21.7 Å². The zero-order chi connectivity index (χ0) is 22.9. The van der Waals surface area contributed by atoms with Crippen molar-refractivity contribution in [1.82, 2.24) is 0 Å². The average molecular weight is 443 g/mol. The molecule has 0 radical (unpaired) electrons. The van der Waals surface area contributed by atoms with Gasteiger partial charge in [-0.15, -0.1) is 0 Å². The molecule has 0 aliphatic carbocycles. The van der Waals surface area contributed by atoms with Crippen molar-refractivity contribution in [1.29, 1.82) is 0 Å². The Balaban J connectivity index is 0.000000194. The third-order valence-corrected chi connectivity index (χ3v) is 5.43. The standard InChI is InChI=1S/C10H8N2O6S.C10H9NO/c11-10-6-2-1-5(12(14)15)3-7(6)9(4-8(10)13)19(16,17)18;11-10-8-4-2-1-3-7(8)5-6-9(10)12/h1-4,13H,11H2,(H,16,17,18);1-6,12H,11H2. The second-order valence-electron chi connectivity index (χ2n) is 6.49. The van der Waals surface area contributed by atoms with Crippen molar-refractivity contribution < 1.29 is 28.1 Å². The lowest BCUT2D eigenvalue weighted by Crippen LogP contribution is -2.01. The largest absolute Gasteiger partial charge is 0.506 e. The highest BCUT2D eigenvalue weighted by Gasteiger charge is 2.20. The fraction of sp³-hybridized carbons (Fsp3) is 0. The number of hydrogen-bond acceptors (Lipinski definition) is 8. The van der Waals surface area contributed by atoms with Gasteiger partial charge in [0.05, 0.1) is 16.3 Å². The Bertz CT molecular complexity index is 1440. The molecule has 7 N–H and O–H groups in total. The van der Waals surface area contributed by atoms with Crippen molar-refractivity contribution in [3.8, 4) is 11.5 Å². The zero-order valence-electron chi connectivity index (χ0n) is 15.8. The molecule has 0 aliphatic heterocycles. The maximum absolute atomic E-state index is 11.2. The molecular weight excluding hydrogens is 426 g/mol. The number of phenolic OH excluding ortho intramolecular Hbond substituents is 2. The summed E-state index contributed by atoms with van der Waals surface area (Å²) in [5, 5.41) is 31.4. The van der Waals surface area contributed by atoms with E-state index in [-0.39, 0.29) is 27.9 Å². The maximum Gasteiger partial charge on any atom is 0.295 e. The van der Waals surface area contributed by atoms with Crippen molar-refractivity contribution in [2.75, 3.05) is 11.5 Å². The van der Waals surface area contributed by atoms with E-state index in [1.54, 1.807) is 6.07 Å². The molecule has 0 heterocycles. The minimum absolute atomic E-state index is 0.0956. The van der Waals surface area contributed by atoms with Crippen LogP contribution in [0.3, 0.4) is 0 Å². The first-order valence-corrected chi connectivity index (χ1v) is 10.1. The predicted octanol–water partition coefficient (Wildman–Crippen LogP) is 3.41. The fourth-order valence-electron chi connectivity index (χ4n) is 3.00. The number of benzene rings is 4. The van der Waals surface area contributed by atoms with Crippen LogP contribution in [0.4, 0.5) is 17.1 Å².